The molecule has 1 atom stereocenters. The highest BCUT2D eigenvalue weighted by Gasteiger charge is 2.28. The van der Waals surface area contributed by atoms with E-state index in [1.54, 1.807) is 6.92 Å². The molecule has 0 heterocycles. The number of carbonyl (C=O) groups excluding carboxylic acids is 2. The van der Waals surface area contributed by atoms with Crippen LogP contribution in [0.3, 0.4) is 0 Å². The van der Waals surface area contributed by atoms with Crippen LogP contribution in [0, 0.1) is 0 Å². The molecule has 4 nitrogen and oxygen atoms in total. The number of ether oxygens (including phenoxy) is 1. The Morgan fingerprint density at radius 2 is 2.50 bits per heavy atom. The molecule has 1 aliphatic carbocycles. The van der Waals surface area contributed by atoms with Gasteiger partial charge in [-0.1, -0.05) is 0 Å². The molecule has 66 valence electrons. The van der Waals surface area contributed by atoms with Gasteiger partial charge in [0, 0.05) is 6.42 Å². The average molecular weight is 170 g/mol. The fraction of sp³-hybridized carbons (Fsp3) is 0.500. The van der Waals surface area contributed by atoms with Crippen LogP contribution in [0.5, 0.6) is 0 Å². The summed E-state index contributed by atoms with van der Waals surface area (Å²) in [6.07, 6.45) is 0.408. The van der Waals surface area contributed by atoms with Crippen molar-refractivity contribution in [3.63, 3.8) is 0 Å². The number of aliphatic hydroxyl groups excluding tert-OH is 1. The molecule has 0 amide bonds. The minimum absolute atomic E-state index is 0.00581. The molecule has 0 saturated heterocycles. The zero-order valence-corrected chi connectivity index (χ0v) is 6.74. The van der Waals surface area contributed by atoms with Crippen molar-refractivity contribution in [2.45, 2.75) is 19.4 Å². The number of carbonyl (C=O) groups is 2. The lowest BCUT2D eigenvalue weighted by molar-refractivity contribution is -0.139. The Kier molecular flexibility index (Phi) is 2.60. The minimum atomic E-state index is -0.822. The highest BCUT2D eigenvalue weighted by atomic mass is 16.5. The van der Waals surface area contributed by atoms with Crippen molar-refractivity contribution in [1.82, 2.24) is 0 Å². The van der Waals surface area contributed by atoms with Crippen LogP contribution in [0.1, 0.15) is 13.3 Å². The van der Waals surface area contributed by atoms with Crippen LogP contribution in [-0.4, -0.2) is 29.6 Å². The first-order chi connectivity index (χ1) is 5.65. The van der Waals surface area contributed by atoms with Crippen LogP contribution in [0.15, 0.2) is 11.6 Å². The second-order valence-electron chi connectivity index (χ2n) is 2.50. The Labute approximate surface area is 69.8 Å². The molecule has 12 heavy (non-hydrogen) atoms. The first kappa shape index (κ1) is 8.93. The first-order valence-corrected chi connectivity index (χ1v) is 3.75. The maximum Gasteiger partial charge on any atom is 0.341 e. The smallest absolute Gasteiger partial charge is 0.341 e. The highest BCUT2D eigenvalue weighted by Crippen LogP contribution is 2.15. The molecular weight excluding hydrogens is 160 g/mol. The molecule has 1 unspecified atom stereocenters. The first-order valence-electron chi connectivity index (χ1n) is 3.75. The fourth-order valence-electron chi connectivity index (χ4n) is 1.03. The molecule has 0 aromatic carbocycles. The number of hydrogen-bond acceptors (Lipinski definition) is 4. The number of rotatable bonds is 2. The Hall–Kier alpha value is -1.16. The molecule has 0 aromatic heterocycles. The van der Waals surface area contributed by atoms with Crippen molar-refractivity contribution in [3.05, 3.63) is 11.6 Å². The standard InChI is InChI=1S/C8H10O4/c1-2-12-8(11)6-3-5(9)4-7(6)10/h3,5,9H,2,4H2,1H3. The van der Waals surface area contributed by atoms with E-state index in [0.29, 0.717) is 0 Å². The summed E-state index contributed by atoms with van der Waals surface area (Å²) >= 11 is 0. The molecule has 0 bridgehead atoms. The third kappa shape index (κ3) is 1.71. The van der Waals surface area contributed by atoms with Gasteiger partial charge in [-0.05, 0) is 13.0 Å². The van der Waals surface area contributed by atoms with Crippen molar-refractivity contribution in [2.24, 2.45) is 0 Å². The van der Waals surface area contributed by atoms with E-state index in [1.165, 1.54) is 6.08 Å². The Bertz CT molecular complexity index is 241. The van der Waals surface area contributed by atoms with Gasteiger partial charge in [0.05, 0.1) is 12.7 Å². The Morgan fingerprint density at radius 1 is 1.83 bits per heavy atom. The van der Waals surface area contributed by atoms with E-state index in [1.807, 2.05) is 0 Å². The normalized spacial score (nSPS) is 22.3. The summed E-state index contributed by atoms with van der Waals surface area (Å²) in [4.78, 5) is 22.0. The van der Waals surface area contributed by atoms with Crippen LogP contribution >= 0.6 is 0 Å². The van der Waals surface area contributed by atoms with E-state index in [0.717, 1.165) is 0 Å². The van der Waals surface area contributed by atoms with E-state index in [4.69, 9.17) is 5.11 Å². The van der Waals surface area contributed by atoms with Gasteiger partial charge < -0.3 is 9.84 Å². The highest BCUT2D eigenvalue weighted by molar-refractivity contribution is 6.19. The molecule has 4 heteroatoms. The van der Waals surface area contributed by atoms with Gasteiger partial charge in [0.15, 0.2) is 5.78 Å². The lowest BCUT2D eigenvalue weighted by Crippen LogP contribution is -2.12. The number of ketones is 1. The summed E-state index contributed by atoms with van der Waals surface area (Å²) < 4.78 is 4.61. The van der Waals surface area contributed by atoms with Crippen molar-refractivity contribution >= 4 is 11.8 Å². The molecule has 0 aromatic rings. The lowest BCUT2D eigenvalue weighted by Gasteiger charge is -1.98. The largest absolute Gasteiger partial charge is 0.462 e. The summed E-state index contributed by atoms with van der Waals surface area (Å²) in [5.74, 6) is -0.986. The summed E-state index contributed by atoms with van der Waals surface area (Å²) in [7, 11) is 0. The molecule has 1 aliphatic rings. The number of esters is 1. The third-order valence-electron chi connectivity index (χ3n) is 1.55. The lowest BCUT2D eigenvalue weighted by atomic mass is 10.2. The van der Waals surface area contributed by atoms with Crippen molar-refractivity contribution in [1.29, 1.82) is 0 Å². The van der Waals surface area contributed by atoms with E-state index in [2.05, 4.69) is 4.74 Å². The third-order valence-corrected chi connectivity index (χ3v) is 1.55. The van der Waals surface area contributed by atoms with Gasteiger partial charge >= 0.3 is 5.97 Å². The van der Waals surface area contributed by atoms with Crippen molar-refractivity contribution in [2.75, 3.05) is 6.61 Å². The van der Waals surface area contributed by atoms with Crippen LogP contribution in [0.25, 0.3) is 0 Å². The van der Waals surface area contributed by atoms with Gasteiger partial charge in [-0.3, -0.25) is 4.79 Å². The minimum Gasteiger partial charge on any atom is -0.462 e. The van der Waals surface area contributed by atoms with Gasteiger partial charge in [-0.15, -0.1) is 0 Å². The SMILES string of the molecule is CCOC(=O)C1=CC(O)CC1=O. The molecule has 0 fully saturated rings. The number of aliphatic hydroxyl groups is 1. The van der Waals surface area contributed by atoms with E-state index in [-0.39, 0.29) is 24.4 Å². The molecule has 0 radical (unpaired) electrons. The average Bonchev–Trinajstić information content (AvgIpc) is 2.30. The van der Waals surface area contributed by atoms with Gasteiger partial charge in [0.2, 0.25) is 0 Å². The Morgan fingerprint density at radius 3 is 2.92 bits per heavy atom. The maximum atomic E-state index is 11.0. The fourth-order valence-corrected chi connectivity index (χ4v) is 1.03. The molecule has 0 aliphatic heterocycles. The number of hydrogen-bond donors (Lipinski definition) is 1. The van der Waals surface area contributed by atoms with E-state index < -0.39 is 12.1 Å². The second-order valence-corrected chi connectivity index (χ2v) is 2.50. The van der Waals surface area contributed by atoms with Crippen LogP contribution in [-0.2, 0) is 14.3 Å². The van der Waals surface area contributed by atoms with Crippen LogP contribution in [0.2, 0.25) is 0 Å². The molecular formula is C8H10O4. The van der Waals surface area contributed by atoms with Gasteiger partial charge in [0.25, 0.3) is 0 Å². The molecule has 1 N–H and O–H groups in total. The van der Waals surface area contributed by atoms with E-state index in [9.17, 15) is 9.59 Å². The van der Waals surface area contributed by atoms with Gasteiger partial charge in [-0.2, -0.15) is 0 Å². The summed E-state index contributed by atoms with van der Waals surface area (Å²) in [5, 5.41) is 8.98. The Balaban J connectivity index is 2.68. The number of Topliss-reactive ketones (excluding diaryl/α,β-unsaturated/α-hetero) is 1. The second kappa shape index (κ2) is 3.49. The van der Waals surface area contributed by atoms with E-state index >= 15 is 0 Å². The predicted molar refractivity (Wildman–Crippen MR) is 40.3 cm³/mol. The van der Waals surface area contributed by atoms with Crippen LogP contribution in [0.4, 0.5) is 0 Å². The monoisotopic (exact) mass is 170 g/mol. The summed E-state index contributed by atoms with van der Waals surface area (Å²) in [6.45, 7) is 1.90. The van der Waals surface area contributed by atoms with Gasteiger partial charge in [0.1, 0.15) is 5.57 Å². The summed E-state index contributed by atoms with van der Waals surface area (Å²) in [5.41, 5.74) is -0.0237. The zero-order valence-electron chi connectivity index (χ0n) is 6.74. The van der Waals surface area contributed by atoms with Crippen molar-refractivity contribution < 1.29 is 19.4 Å². The topological polar surface area (TPSA) is 63.6 Å². The zero-order chi connectivity index (χ0) is 9.14. The van der Waals surface area contributed by atoms with Crippen molar-refractivity contribution in [3.8, 4) is 0 Å². The van der Waals surface area contributed by atoms with Crippen LogP contribution < -0.4 is 0 Å². The molecule has 0 spiro atoms. The quantitative estimate of drug-likeness (QED) is 0.461. The van der Waals surface area contributed by atoms with Gasteiger partial charge in [-0.25, -0.2) is 4.79 Å². The predicted octanol–water partition coefficient (Wildman–Crippen LogP) is -0.190. The summed E-state index contributed by atoms with van der Waals surface area (Å²) in [6, 6.07) is 0. The molecule has 0 saturated carbocycles. The maximum absolute atomic E-state index is 11.0. The molecule has 1 rings (SSSR count).